The zero-order valence-corrected chi connectivity index (χ0v) is 13.2. The molecule has 0 spiro atoms. The van der Waals surface area contributed by atoms with Gasteiger partial charge in [-0.3, -0.25) is 0 Å². The van der Waals surface area contributed by atoms with E-state index in [1.165, 1.54) is 36.1 Å². The maximum absolute atomic E-state index is 3.73. The number of thiophene rings is 1. The van der Waals surface area contributed by atoms with Gasteiger partial charge in [0.25, 0.3) is 0 Å². The number of aryl methyl sites for hydroxylation is 2. The van der Waals surface area contributed by atoms with Gasteiger partial charge in [-0.05, 0) is 56.7 Å². The number of hydrogen-bond acceptors (Lipinski definition) is 2. The first kappa shape index (κ1) is 13.8. The first-order valence-corrected chi connectivity index (χ1v) is 8.48. The molecule has 0 fully saturated rings. The Bertz CT molecular complexity index is 535. The van der Waals surface area contributed by atoms with Crippen LogP contribution in [0.5, 0.6) is 0 Å². The van der Waals surface area contributed by atoms with E-state index in [-0.39, 0.29) is 0 Å². The fraction of sp³-hybridized carbons (Fsp3) is 0.444. The van der Waals surface area contributed by atoms with Crippen molar-refractivity contribution < 1.29 is 0 Å². The van der Waals surface area contributed by atoms with Gasteiger partial charge in [0.15, 0.2) is 0 Å². The molecule has 1 aliphatic carbocycles. The fourth-order valence-corrected chi connectivity index (χ4v) is 4.29. The Kier molecular flexibility index (Phi) is 4.23. The van der Waals surface area contributed by atoms with Crippen LogP contribution in [0.4, 0.5) is 0 Å². The van der Waals surface area contributed by atoms with Crippen molar-refractivity contribution in [2.24, 2.45) is 0 Å². The normalized spacial score (nSPS) is 17.5. The molecule has 3 rings (SSSR count). The number of hydrogen-bond donors (Lipinski definition) is 1. The van der Waals surface area contributed by atoms with Gasteiger partial charge in [-0.2, -0.15) is 0 Å². The van der Waals surface area contributed by atoms with E-state index >= 15 is 0 Å². The molecule has 1 aromatic heterocycles. The van der Waals surface area contributed by atoms with E-state index in [1.807, 2.05) is 11.3 Å². The number of benzene rings is 1. The summed E-state index contributed by atoms with van der Waals surface area (Å²) in [7, 11) is 0. The van der Waals surface area contributed by atoms with E-state index in [0.29, 0.717) is 12.1 Å². The van der Waals surface area contributed by atoms with Gasteiger partial charge in [-0.15, -0.1) is 11.3 Å². The van der Waals surface area contributed by atoms with Gasteiger partial charge in [-0.1, -0.05) is 30.3 Å². The molecule has 1 N–H and O–H groups in total. The molecule has 0 saturated carbocycles. The summed E-state index contributed by atoms with van der Waals surface area (Å²) in [5.41, 5.74) is 2.97. The lowest BCUT2D eigenvalue weighted by molar-refractivity contribution is 0.500. The van der Waals surface area contributed by atoms with Crippen LogP contribution in [-0.2, 0) is 12.8 Å². The molecule has 106 valence electrons. The number of nitrogens with one attached hydrogen (secondary N) is 1. The molecule has 1 heterocycles. The minimum absolute atomic E-state index is 0.394. The Hall–Kier alpha value is -1.12. The Morgan fingerprint density at radius 2 is 1.75 bits per heavy atom. The molecule has 2 aromatic rings. The van der Waals surface area contributed by atoms with Crippen LogP contribution >= 0.6 is 11.3 Å². The highest BCUT2D eigenvalue weighted by Gasteiger charge is 2.17. The molecule has 1 aromatic carbocycles. The standard InChI is InChI=1S/C18H23NS/c1-13(15-8-4-3-5-9-15)19-14(2)18-12-16-10-6-7-11-17(16)20-18/h3-5,8-9,12-14,19H,6-7,10-11H2,1-2H3/t13-,14?/m0/s1. The van der Waals surface area contributed by atoms with Crippen molar-refractivity contribution in [3.63, 3.8) is 0 Å². The Morgan fingerprint density at radius 1 is 1.00 bits per heavy atom. The van der Waals surface area contributed by atoms with Crippen LogP contribution in [0.2, 0.25) is 0 Å². The summed E-state index contributed by atoms with van der Waals surface area (Å²) in [5, 5.41) is 3.73. The van der Waals surface area contributed by atoms with E-state index in [1.54, 1.807) is 10.4 Å². The second kappa shape index (κ2) is 6.11. The van der Waals surface area contributed by atoms with E-state index in [0.717, 1.165) is 0 Å². The van der Waals surface area contributed by atoms with Crippen molar-refractivity contribution in [2.45, 2.75) is 51.6 Å². The van der Waals surface area contributed by atoms with Gasteiger partial charge < -0.3 is 5.32 Å². The Balaban J connectivity index is 1.70. The van der Waals surface area contributed by atoms with Crippen LogP contribution in [0.3, 0.4) is 0 Å². The maximum atomic E-state index is 3.73. The average molecular weight is 285 g/mol. The average Bonchev–Trinajstić information content (AvgIpc) is 2.92. The van der Waals surface area contributed by atoms with Gasteiger partial charge in [0.2, 0.25) is 0 Å². The van der Waals surface area contributed by atoms with Crippen LogP contribution in [0.15, 0.2) is 36.4 Å². The Labute approximate surface area is 126 Å². The molecular weight excluding hydrogens is 262 g/mol. The second-order valence-electron chi connectivity index (χ2n) is 5.83. The van der Waals surface area contributed by atoms with Crippen molar-refractivity contribution in [2.75, 3.05) is 0 Å². The van der Waals surface area contributed by atoms with Gasteiger partial charge in [0.1, 0.15) is 0 Å². The summed E-state index contributed by atoms with van der Waals surface area (Å²) in [4.78, 5) is 3.13. The van der Waals surface area contributed by atoms with Crippen LogP contribution in [0.25, 0.3) is 0 Å². The summed E-state index contributed by atoms with van der Waals surface area (Å²) in [6, 6.07) is 14.0. The minimum Gasteiger partial charge on any atom is -0.303 e. The SMILES string of the molecule is CC(N[C@@H](C)c1ccccc1)c1cc2c(s1)CCCC2. The van der Waals surface area contributed by atoms with Crippen molar-refractivity contribution >= 4 is 11.3 Å². The quantitative estimate of drug-likeness (QED) is 0.830. The number of fused-ring (bicyclic) bond motifs is 1. The third-order valence-electron chi connectivity index (χ3n) is 4.24. The lowest BCUT2D eigenvalue weighted by Crippen LogP contribution is -2.21. The molecule has 2 heteroatoms. The van der Waals surface area contributed by atoms with E-state index < -0.39 is 0 Å². The first-order valence-electron chi connectivity index (χ1n) is 7.66. The van der Waals surface area contributed by atoms with Gasteiger partial charge in [0, 0.05) is 21.8 Å². The second-order valence-corrected chi connectivity index (χ2v) is 6.99. The van der Waals surface area contributed by atoms with Crippen LogP contribution in [0.1, 0.15) is 59.7 Å². The van der Waals surface area contributed by atoms with Crippen molar-refractivity contribution in [3.8, 4) is 0 Å². The zero-order chi connectivity index (χ0) is 13.9. The fourth-order valence-electron chi connectivity index (χ4n) is 3.02. The predicted molar refractivity (Wildman–Crippen MR) is 87.4 cm³/mol. The summed E-state index contributed by atoms with van der Waals surface area (Å²) >= 11 is 2.02. The molecular formula is C18H23NS. The third-order valence-corrected chi connectivity index (χ3v) is 5.66. The third kappa shape index (κ3) is 2.97. The summed E-state index contributed by atoms with van der Waals surface area (Å²) in [6.45, 7) is 4.54. The lowest BCUT2D eigenvalue weighted by Gasteiger charge is -2.19. The van der Waals surface area contributed by atoms with E-state index in [4.69, 9.17) is 0 Å². The molecule has 0 saturated heterocycles. The smallest absolute Gasteiger partial charge is 0.0391 e. The molecule has 0 radical (unpaired) electrons. The summed E-state index contributed by atoms with van der Waals surface area (Å²) in [6.07, 6.45) is 5.31. The first-order chi connectivity index (χ1) is 9.74. The van der Waals surface area contributed by atoms with Crippen molar-refractivity contribution in [1.29, 1.82) is 0 Å². The molecule has 1 aliphatic rings. The van der Waals surface area contributed by atoms with E-state index in [9.17, 15) is 0 Å². The monoisotopic (exact) mass is 285 g/mol. The number of rotatable bonds is 4. The molecule has 0 amide bonds. The molecule has 0 bridgehead atoms. The Morgan fingerprint density at radius 3 is 2.50 bits per heavy atom. The molecule has 1 unspecified atom stereocenters. The zero-order valence-electron chi connectivity index (χ0n) is 12.4. The highest BCUT2D eigenvalue weighted by molar-refractivity contribution is 7.12. The summed E-state index contributed by atoms with van der Waals surface area (Å²) in [5.74, 6) is 0. The lowest BCUT2D eigenvalue weighted by atomic mass is 9.99. The highest BCUT2D eigenvalue weighted by atomic mass is 32.1. The molecule has 2 atom stereocenters. The van der Waals surface area contributed by atoms with Crippen LogP contribution < -0.4 is 5.32 Å². The van der Waals surface area contributed by atoms with Gasteiger partial charge in [0.05, 0.1) is 0 Å². The van der Waals surface area contributed by atoms with Crippen LogP contribution in [0, 0.1) is 0 Å². The molecule has 20 heavy (non-hydrogen) atoms. The maximum Gasteiger partial charge on any atom is 0.0391 e. The minimum atomic E-state index is 0.394. The van der Waals surface area contributed by atoms with Gasteiger partial charge in [-0.25, -0.2) is 0 Å². The van der Waals surface area contributed by atoms with Crippen molar-refractivity contribution in [1.82, 2.24) is 5.32 Å². The largest absolute Gasteiger partial charge is 0.303 e. The molecule has 1 nitrogen and oxygen atoms in total. The topological polar surface area (TPSA) is 12.0 Å². The van der Waals surface area contributed by atoms with Crippen LogP contribution in [-0.4, -0.2) is 0 Å². The van der Waals surface area contributed by atoms with Gasteiger partial charge >= 0.3 is 0 Å². The summed E-state index contributed by atoms with van der Waals surface area (Å²) < 4.78 is 0. The predicted octanol–water partition coefficient (Wildman–Crippen LogP) is 5.04. The van der Waals surface area contributed by atoms with E-state index in [2.05, 4.69) is 55.6 Å². The molecule has 0 aliphatic heterocycles. The van der Waals surface area contributed by atoms with Crippen molar-refractivity contribution in [3.05, 3.63) is 57.3 Å². The highest BCUT2D eigenvalue weighted by Crippen LogP contribution is 2.33.